The van der Waals surface area contributed by atoms with Crippen LogP contribution in [0.4, 0.5) is 0 Å². The van der Waals surface area contributed by atoms with Crippen LogP contribution in [-0.2, 0) is 38.2 Å². The second kappa shape index (κ2) is 6.67. The average Bonchev–Trinajstić information content (AvgIpc) is 2.31. The van der Waals surface area contributed by atoms with Gasteiger partial charge in [-0.1, -0.05) is 0 Å². The van der Waals surface area contributed by atoms with Gasteiger partial charge in [0.15, 0.2) is 0 Å². The van der Waals surface area contributed by atoms with Gasteiger partial charge in [-0.3, -0.25) is 0 Å². The zero-order chi connectivity index (χ0) is 16.0. The van der Waals surface area contributed by atoms with Crippen molar-refractivity contribution in [3.63, 3.8) is 0 Å². The zero-order valence-corrected chi connectivity index (χ0v) is 9.21. The number of carboxylic acid groups (broad SMARTS) is 4. The molecular formula is C8H6O12. The molecular weight excluding hydrogens is 288 g/mol. The summed E-state index contributed by atoms with van der Waals surface area (Å²) in [5.41, 5.74) is 0. The lowest BCUT2D eigenvalue weighted by Gasteiger charge is -2.19. The first kappa shape index (κ1) is 16.8. The molecule has 2 atom stereocenters. The minimum absolute atomic E-state index is 2.13. The van der Waals surface area contributed by atoms with Gasteiger partial charge in [-0.25, -0.2) is 28.8 Å². The molecule has 0 aliphatic rings. The molecule has 0 saturated carbocycles. The van der Waals surface area contributed by atoms with Crippen LogP contribution in [0.1, 0.15) is 0 Å². The second-order valence-corrected chi connectivity index (χ2v) is 2.94. The van der Waals surface area contributed by atoms with Gasteiger partial charge in [-0.2, -0.15) is 0 Å². The number of ether oxygens (including phenoxy) is 2. The SMILES string of the molecule is O=C(O)C(=O)OC(C(=O)O)C(OC(=O)C(=O)O)C(=O)O. The number of esters is 2. The van der Waals surface area contributed by atoms with Crippen LogP contribution in [0, 0.1) is 0 Å². The Balaban J connectivity index is 5.26. The molecule has 0 rings (SSSR count). The van der Waals surface area contributed by atoms with Crippen molar-refractivity contribution in [1.82, 2.24) is 0 Å². The van der Waals surface area contributed by atoms with Crippen molar-refractivity contribution < 1.29 is 58.7 Å². The van der Waals surface area contributed by atoms with E-state index < -0.39 is 48.0 Å². The quantitative estimate of drug-likeness (QED) is 0.299. The van der Waals surface area contributed by atoms with Crippen molar-refractivity contribution in [1.29, 1.82) is 0 Å². The van der Waals surface area contributed by atoms with Crippen LogP contribution in [0.15, 0.2) is 0 Å². The summed E-state index contributed by atoms with van der Waals surface area (Å²) in [6.45, 7) is 0. The Bertz CT molecular complexity index is 432. The minimum Gasteiger partial charge on any atom is -0.478 e. The lowest BCUT2D eigenvalue weighted by Crippen LogP contribution is -2.47. The predicted octanol–water partition coefficient (Wildman–Crippen LogP) is -2.85. The summed E-state index contributed by atoms with van der Waals surface area (Å²) in [6, 6.07) is 0. The van der Waals surface area contributed by atoms with Gasteiger partial charge in [-0.05, 0) is 0 Å². The van der Waals surface area contributed by atoms with Gasteiger partial charge >= 0.3 is 35.8 Å². The van der Waals surface area contributed by atoms with Gasteiger partial charge in [0.05, 0.1) is 0 Å². The number of rotatable bonds is 5. The van der Waals surface area contributed by atoms with Gasteiger partial charge in [0.1, 0.15) is 0 Å². The number of carbonyl (C=O) groups excluding carboxylic acids is 2. The van der Waals surface area contributed by atoms with E-state index in [1.54, 1.807) is 0 Å². The lowest BCUT2D eigenvalue weighted by molar-refractivity contribution is -0.192. The summed E-state index contributed by atoms with van der Waals surface area (Å²) in [5, 5.41) is 33.6. The summed E-state index contributed by atoms with van der Waals surface area (Å²) in [6.07, 6.45) is -5.47. The maximum absolute atomic E-state index is 10.7. The molecule has 0 aromatic carbocycles. The van der Waals surface area contributed by atoms with Crippen LogP contribution < -0.4 is 0 Å². The van der Waals surface area contributed by atoms with E-state index in [9.17, 15) is 28.8 Å². The first-order valence-electron chi connectivity index (χ1n) is 4.41. The molecule has 0 aromatic heterocycles. The highest BCUT2D eigenvalue weighted by molar-refractivity contribution is 6.29. The minimum atomic E-state index is -2.74. The molecule has 110 valence electrons. The summed E-state index contributed by atoms with van der Waals surface area (Å²) in [5.74, 6) is -13.0. The largest absolute Gasteiger partial charge is 0.478 e. The number of hydrogen-bond donors (Lipinski definition) is 4. The molecule has 0 saturated heterocycles. The fourth-order valence-corrected chi connectivity index (χ4v) is 0.815. The van der Waals surface area contributed by atoms with E-state index in [0.717, 1.165) is 0 Å². The average molecular weight is 294 g/mol. The molecule has 4 N–H and O–H groups in total. The Hall–Kier alpha value is -3.18. The third-order valence-electron chi connectivity index (χ3n) is 1.58. The van der Waals surface area contributed by atoms with Gasteiger partial charge in [0, 0.05) is 0 Å². The normalized spacial score (nSPS) is 12.6. The summed E-state index contributed by atoms with van der Waals surface area (Å²) >= 11 is 0. The van der Waals surface area contributed by atoms with E-state index in [2.05, 4.69) is 9.47 Å². The topological polar surface area (TPSA) is 202 Å². The Morgan fingerprint density at radius 2 is 0.850 bits per heavy atom. The molecule has 0 aliphatic carbocycles. The van der Waals surface area contributed by atoms with Crippen LogP contribution in [0.25, 0.3) is 0 Å². The monoisotopic (exact) mass is 294 g/mol. The lowest BCUT2D eigenvalue weighted by atomic mass is 10.2. The molecule has 0 fully saturated rings. The molecule has 0 heterocycles. The maximum Gasteiger partial charge on any atom is 0.418 e. The molecule has 2 unspecified atom stereocenters. The van der Waals surface area contributed by atoms with Gasteiger partial charge in [0.2, 0.25) is 12.2 Å². The van der Waals surface area contributed by atoms with Crippen LogP contribution in [-0.4, -0.2) is 68.4 Å². The predicted molar refractivity (Wildman–Crippen MR) is 50.3 cm³/mol. The van der Waals surface area contributed by atoms with E-state index >= 15 is 0 Å². The first-order chi connectivity index (χ1) is 9.07. The van der Waals surface area contributed by atoms with E-state index in [0.29, 0.717) is 0 Å². The molecule has 0 spiro atoms. The summed E-state index contributed by atoms with van der Waals surface area (Å²) < 4.78 is 7.58. The first-order valence-corrected chi connectivity index (χ1v) is 4.41. The molecule has 12 nitrogen and oxygen atoms in total. The number of carboxylic acids is 4. The number of hydrogen-bond acceptors (Lipinski definition) is 8. The molecule has 0 aliphatic heterocycles. The van der Waals surface area contributed by atoms with Crippen molar-refractivity contribution in [2.45, 2.75) is 12.2 Å². The number of carbonyl (C=O) groups is 6. The molecule has 0 radical (unpaired) electrons. The van der Waals surface area contributed by atoms with Crippen LogP contribution in [0.3, 0.4) is 0 Å². The molecule has 0 bridgehead atoms. The van der Waals surface area contributed by atoms with Crippen molar-refractivity contribution in [2.24, 2.45) is 0 Å². The summed E-state index contributed by atoms with van der Waals surface area (Å²) in [4.78, 5) is 63.0. The van der Waals surface area contributed by atoms with E-state index in [-0.39, 0.29) is 0 Å². The van der Waals surface area contributed by atoms with E-state index in [4.69, 9.17) is 20.4 Å². The molecule has 0 aromatic rings. The van der Waals surface area contributed by atoms with E-state index in [1.807, 2.05) is 0 Å². The second-order valence-electron chi connectivity index (χ2n) is 2.94. The Kier molecular flexibility index (Phi) is 5.61. The summed E-state index contributed by atoms with van der Waals surface area (Å²) in [7, 11) is 0. The van der Waals surface area contributed by atoms with E-state index in [1.165, 1.54) is 0 Å². The Morgan fingerprint density at radius 3 is 1.00 bits per heavy atom. The smallest absolute Gasteiger partial charge is 0.418 e. The highest BCUT2D eigenvalue weighted by Gasteiger charge is 2.42. The van der Waals surface area contributed by atoms with Crippen LogP contribution in [0.2, 0.25) is 0 Å². The third kappa shape index (κ3) is 4.59. The van der Waals surface area contributed by atoms with Crippen molar-refractivity contribution in [2.75, 3.05) is 0 Å². The standard InChI is InChI=1S/C8H6O12/c9-3(10)1(19-7(17)5(13)14)2(4(11)12)20-8(18)6(15)16/h1-2H,(H,9,10)(H,11,12)(H,13,14)(H,15,16). The zero-order valence-electron chi connectivity index (χ0n) is 9.21. The molecule has 0 amide bonds. The highest BCUT2D eigenvalue weighted by Crippen LogP contribution is 2.07. The van der Waals surface area contributed by atoms with Crippen LogP contribution in [0.5, 0.6) is 0 Å². The van der Waals surface area contributed by atoms with Gasteiger partial charge in [0.25, 0.3) is 0 Å². The van der Waals surface area contributed by atoms with Crippen molar-refractivity contribution >= 4 is 35.8 Å². The third-order valence-corrected chi connectivity index (χ3v) is 1.58. The Labute approximate surface area is 108 Å². The Morgan fingerprint density at radius 1 is 0.600 bits per heavy atom. The number of aliphatic carboxylic acids is 4. The fraction of sp³-hybridized carbons (Fsp3) is 0.250. The van der Waals surface area contributed by atoms with Crippen molar-refractivity contribution in [3.05, 3.63) is 0 Å². The highest BCUT2D eigenvalue weighted by atomic mass is 16.6. The van der Waals surface area contributed by atoms with Crippen molar-refractivity contribution in [3.8, 4) is 0 Å². The molecule has 12 heteroatoms. The fourth-order valence-electron chi connectivity index (χ4n) is 0.815. The van der Waals surface area contributed by atoms with Crippen LogP contribution >= 0.6 is 0 Å². The molecule has 20 heavy (non-hydrogen) atoms. The van der Waals surface area contributed by atoms with Gasteiger partial charge < -0.3 is 29.9 Å². The maximum atomic E-state index is 10.7. The van der Waals surface area contributed by atoms with Gasteiger partial charge in [-0.15, -0.1) is 0 Å².